The van der Waals surface area contributed by atoms with Gasteiger partial charge in [-0.15, -0.1) is 0 Å². The van der Waals surface area contributed by atoms with Gasteiger partial charge in [0, 0.05) is 6.42 Å². The van der Waals surface area contributed by atoms with Gasteiger partial charge in [0.05, 0.1) is 18.3 Å². The van der Waals surface area contributed by atoms with Crippen molar-refractivity contribution < 1.29 is 23.1 Å². The molecule has 0 aromatic carbocycles. The number of rotatable bonds is 12. The van der Waals surface area contributed by atoms with Crippen LogP contribution >= 0.6 is 0 Å². The third-order valence-electron chi connectivity index (χ3n) is 12.4. The Kier molecular flexibility index (Phi) is 13.1. The van der Waals surface area contributed by atoms with E-state index in [0.29, 0.717) is 5.92 Å². The standard InChI is InChI=1S/C40H70O5Si2/c1-16-32(17-2)43-37(41)27-42-29(4)34-22-23-35-30(19-18-24-40(34,35)11)20-21-31-25-33(44-46(12,13)38(5,6)7)26-36(28(31)3)45-47(14,15)39(8,9)10/h20-22,29,32-33,35-36H,3,16-19,23-27H2,1-2,4-15H3/t29-,33+,35-,36-,40+/m0/s1. The van der Waals surface area contributed by atoms with E-state index in [-0.39, 0.29) is 52.5 Å². The number of allylic oxidation sites excluding steroid dienone is 4. The lowest BCUT2D eigenvalue weighted by atomic mass is 9.63. The highest BCUT2D eigenvalue weighted by Gasteiger charge is 2.47. The molecule has 2 saturated carbocycles. The van der Waals surface area contributed by atoms with E-state index >= 15 is 0 Å². The summed E-state index contributed by atoms with van der Waals surface area (Å²) in [4.78, 5) is 12.5. The summed E-state index contributed by atoms with van der Waals surface area (Å²) in [5.74, 6) is 0.183. The summed E-state index contributed by atoms with van der Waals surface area (Å²) in [5, 5.41) is 0.276. The van der Waals surface area contributed by atoms with Crippen LogP contribution < -0.4 is 0 Å². The fraction of sp³-hybridized carbons (Fsp3) is 0.775. The van der Waals surface area contributed by atoms with Gasteiger partial charge in [0.25, 0.3) is 0 Å². The summed E-state index contributed by atoms with van der Waals surface area (Å²) in [7, 11) is -3.97. The first-order valence-corrected chi connectivity index (χ1v) is 24.3. The van der Waals surface area contributed by atoms with Crippen LogP contribution in [-0.4, -0.2) is 53.6 Å². The second-order valence-corrected chi connectivity index (χ2v) is 27.4. The summed E-state index contributed by atoms with van der Waals surface area (Å²) in [6.07, 6.45) is 15.0. The van der Waals surface area contributed by atoms with Gasteiger partial charge in [-0.05, 0) is 116 Å². The van der Waals surface area contributed by atoms with Crippen molar-refractivity contribution in [2.24, 2.45) is 11.3 Å². The van der Waals surface area contributed by atoms with Crippen LogP contribution in [0.15, 0.2) is 47.1 Å². The van der Waals surface area contributed by atoms with Gasteiger partial charge >= 0.3 is 5.97 Å². The maximum atomic E-state index is 12.5. The first kappa shape index (κ1) is 40.2. The van der Waals surface area contributed by atoms with Crippen molar-refractivity contribution in [3.8, 4) is 0 Å². The van der Waals surface area contributed by atoms with Crippen LogP contribution in [0, 0.1) is 11.3 Å². The van der Waals surface area contributed by atoms with Crippen molar-refractivity contribution >= 4 is 22.6 Å². The Morgan fingerprint density at radius 2 is 1.62 bits per heavy atom. The summed E-state index contributed by atoms with van der Waals surface area (Å²) in [5.41, 5.74) is 5.30. The number of ether oxygens (including phenoxy) is 2. The molecule has 0 amide bonds. The van der Waals surface area contributed by atoms with Crippen LogP contribution in [0.3, 0.4) is 0 Å². The van der Waals surface area contributed by atoms with Gasteiger partial charge in [-0.1, -0.05) is 92.7 Å². The molecule has 3 aliphatic rings. The number of fused-ring (bicyclic) bond motifs is 1. The van der Waals surface area contributed by atoms with Crippen LogP contribution in [0.4, 0.5) is 0 Å². The quantitative estimate of drug-likeness (QED) is 0.116. The molecule has 0 aromatic heterocycles. The molecule has 0 unspecified atom stereocenters. The lowest BCUT2D eigenvalue weighted by molar-refractivity contribution is -0.156. The van der Waals surface area contributed by atoms with Crippen LogP contribution in [0.1, 0.15) is 121 Å². The molecular weight excluding hydrogens is 617 g/mol. The molecule has 268 valence electrons. The Labute approximate surface area is 291 Å². The van der Waals surface area contributed by atoms with Gasteiger partial charge in [-0.3, -0.25) is 0 Å². The molecule has 0 N–H and O–H groups in total. The second kappa shape index (κ2) is 15.3. The third-order valence-corrected chi connectivity index (χ3v) is 21.5. The van der Waals surface area contributed by atoms with E-state index in [1.807, 2.05) is 13.8 Å². The monoisotopic (exact) mass is 686 g/mol. The first-order valence-electron chi connectivity index (χ1n) is 18.5. The lowest BCUT2D eigenvalue weighted by Gasteiger charge is -2.45. The maximum Gasteiger partial charge on any atom is 0.332 e. The number of hydrogen-bond donors (Lipinski definition) is 0. The Balaban J connectivity index is 1.83. The molecule has 0 heterocycles. The molecule has 0 aromatic rings. The topological polar surface area (TPSA) is 54.0 Å². The minimum absolute atomic E-state index is 0.00286. The van der Waals surface area contributed by atoms with Gasteiger partial charge in [0.15, 0.2) is 16.6 Å². The molecule has 5 atom stereocenters. The number of esters is 1. The van der Waals surface area contributed by atoms with E-state index in [2.05, 4.69) is 106 Å². The van der Waals surface area contributed by atoms with E-state index in [4.69, 9.17) is 18.3 Å². The van der Waals surface area contributed by atoms with E-state index in [9.17, 15) is 4.79 Å². The molecule has 3 rings (SSSR count). The van der Waals surface area contributed by atoms with Crippen molar-refractivity contribution in [2.75, 3.05) is 6.61 Å². The normalized spacial score (nSPS) is 28.5. The minimum atomic E-state index is -2.01. The van der Waals surface area contributed by atoms with Gasteiger partial charge in [0.2, 0.25) is 0 Å². The van der Waals surface area contributed by atoms with E-state index in [1.54, 1.807) is 0 Å². The van der Waals surface area contributed by atoms with E-state index in [1.165, 1.54) is 16.7 Å². The smallest absolute Gasteiger partial charge is 0.332 e. The number of hydrogen-bond acceptors (Lipinski definition) is 5. The van der Waals surface area contributed by atoms with Gasteiger partial charge in [0.1, 0.15) is 12.7 Å². The van der Waals surface area contributed by atoms with Crippen LogP contribution in [0.5, 0.6) is 0 Å². The van der Waals surface area contributed by atoms with E-state index < -0.39 is 16.6 Å². The summed E-state index contributed by atoms with van der Waals surface area (Å²) in [6, 6.07) is 0. The largest absolute Gasteiger partial charge is 0.461 e. The third kappa shape index (κ3) is 9.50. The molecule has 0 spiro atoms. The number of carbonyl (C=O) groups excluding carboxylic acids is 1. The molecule has 0 bridgehead atoms. The van der Waals surface area contributed by atoms with Crippen LogP contribution in [-0.2, 0) is 23.1 Å². The maximum absolute atomic E-state index is 12.5. The fourth-order valence-corrected chi connectivity index (χ4v) is 9.88. The molecule has 3 aliphatic carbocycles. The van der Waals surface area contributed by atoms with Crippen molar-refractivity contribution in [1.82, 2.24) is 0 Å². The van der Waals surface area contributed by atoms with Crippen molar-refractivity contribution in [1.29, 1.82) is 0 Å². The molecule has 47 heavy (non-hydrogen) atoms. The average Bonchev–Trinajstić information content (AvgIpc) is 3.31. The van der Waals surface area contributed by atoms with Gasteiger partial charge < -0.3 is 18.3 Å². The molecule has 7 heteroatoms. The van der Waals surface area contributed by atoms with Crippen molar-refractivity contribution in [2.45, 2.75) is 181 Å². The number of carbonyl (C=O) groups is 1. The van der Waals surface area contributed by atoms with E-state index in [0.717, 1.165) is 56.9 Å². The molecular formula is C40H70O5Si2. The Bertz CT molecular complexity index is 1210. The zero-order valence-electron chi connectivity index (χ0n) is 32.7. The Morgan fingerprint density at radius 3 is 2.19 bits per heavy atom. The first-order chi connectivity index (χ1) is 21.6. The summed E-state index contributed by atoms with van der Waals surface area (Å²) >= 11 is 0. The highest BCUT2D eigenvalue weighted by Crippen LogP contribution is 2.56. The highest BCUT2D eigenvalue weighted by atomic mass is 28.4. The molecule has 0 saturated heterocycles. The average molecular weight is 687 g/mol. The van der Waals surface area contributed by atoms with Crippen LogP contribution in [0.2, 0.25) is 36.3 Å². The van der Waals surface area contributed by atoms with Crippen LogP contribution in [0.25, 0.3) is 0 Å². The van der Waals surface area contributed by atoms with Gasteiger partial charge in [-0.2, -0.15) is 0 Å². The Morgan fingerprint density at radius 1 is 1.02 bits per heavy atom. The van der Waals surface area contributed by atoms with Gasteiger partial charge in [-0.25, -0.2) is 4.79 Å². The zero-order valence-corrected chi connectivity index (χ0v) is 34.7. The molecule has 2 fully saturated rings. The highest BCUT2D eigenvalue weighted by molar-refractivity contribution is 6.74. The lowest BCUT2D eigenvalue weighted by Crippen LogP contribution is -2.49. The fourth-order valence-electron chi connectivity index (χ4n) is 7.21. The minimum Gasteiger partial charge on any atom is -0.461 e. The Hall–Kier alpha value is -1.26. The zero-order chi connectivity index (χ0) is 35.6. The second-order valence-electron chi connectivity index (χ2n) is 17.9. The summed E-state index contributed by atoms with van der Waals surface area (Å²) in [6.45, 7) is 36.6. The molecule has 5 nitrogen and oxygen atoms in total. The molecule has 0 aliphatic heterocycles. The van der Waals surface area contributed by atoms with Crippen molar-refractivity contribution in [3.05, 3.63) is 47.1 Å². The predicted octanol–water partition coefficient (Wildman–Crippen LogP) is 11.2. The SMILES string of the molecule is C=C1C(=CC=C2CCC[C@]3(C)C([C@H](C)OCC(=O)OC(CC)CC)=CC[C@@H]23)C[C@@H](O[Si](C)(C)C(C)(C)C)C[C@@H]1O[Si](C)(C)C(C)(C)C. The predicted molar refractivity (Wildman–Crippen MR) is 203 cm³/mol. The molecule has 0 radical (unpaired) electrons. The van der Waals surface area contributed by atoms with Crippen molar-refractivity contribution in [3.63, 3.8) is 0 Å². The summed E-state index contributed by atoms with van der Waals surface area (Å²) < 4.78 is 25.9.